The lowest BCUT2D eigenvalue weighted by Crippen LogP contribution is -2.46. The fraction of sp³-hybridized carbons (Fsp3) is 0.900. The van der Waals surface area contributed by atoms with Crippen LogP contribution in [-0.2, 0) is 9.59 Å². The molecule has 0 spiro atoms. The maximum absolute atomic E-state index is 10.8. The Morgan fingerprint density at radius 3 is 1.27 bits per heavy atom. The van der Waals surface area contributed by atoms with Crippen molar-refractivity contribution in [1.82, 2.24) is 10.6 Å². The molecule has 0 aliphatic carbocycles. The van der Waals surface area contributed by atoms with Gasteiger partial charge in [-0.05, 0) is 61.4 Å². The standard InChI is InChI=1S/2C10H19NO2/c2*1-10(2,3)7-4-5-11-8(6-7)9(12)13/h2*7-8,11H,4-6H2,1-3H3,(H,12,13). The van der Waals surface area contributed by atoms with Gasteiger partial charge in [0, 0.05) is 0 Å². The third kappa shape index (κ3) is 7.23. The molecule has 0 aromatic rings. The highest BCUT2D eigenvalue weighted by molar-refractivity contribution is 5.73. The number of carboxylic acid groups (broad SMARTS) is 2. The summed E-state index contributed by atoms with van der Waals surface area (Å²) >= 11 is 0. The van der Waals surface area contributed by atoms with Gasteiger partial charge in [-0.3, -0.25) is 9.59 Å². The second-order valence-electron chi connectivity index (χ2n) is 9.86. The third-order valence-corrected chi connectivity index (χ3v) is 5.85. The van der Waals surface area contributed by atoms with Crippen molar-refractivity contribution < 1.29 is 19.8 Å². The van der Waals surface area contributed by atoms with Crippen molar-refractivity contribution in [3.8, 4) is 0 Å². The number of carboxylic acids is 2. The molecule has 4 unspecified atom stereocenters. The van der Waals surface area contributed by atoms with Crippen LogP contribution >= 0.6 is 0 Å². The zero-order valence-corrected chi connectivity index (χ0v) is 17.3. The van der Waals surface area contributed by atoms with Crippen molar-refractivity contribution in [2.75, 3.05) is 13.1 Å². The largest absolute Gasteiger partial charge is 0.480 e. The van der Waals surface area contributed by atoms with Gasteiger partial charge >= 0.3 is 11.9 Å². The Morgan fingerprint density at radius 1 is 0.731 bits per heavy atom. The van der Waals surface area contributed by atoms with Crippen LogP contribution in [-0.4, -0.2) is 47.3 Å². The smallest absolute Gasteiger partial charge is 0.320 e. The first-order valence-electron chi connectivity index (χ1n) is 9.74. The van der Waals surface area contributed by atoms with Gasteiger partial charge in [-0.25, -0.2) is 0 Å². The lowest BCUT2D eigenvalue weighted by molar-refractivity contribution is -0.141. The van der Waals surface area contributed by atoms with Gasteiger partial charge in [0.2, 0.25) is 0 Å². The third-order valence-electron chi connectivity index (χ3n) is 5.85. The van der Waals surface area contributed by atoms with Gasteiger partial charge in [-0.1, -0.05) is 41.5 Å². The number of rotatable bonds is 2. The van der Waals surface area contributed by atoms with Gasteiger partial charge < -0.3 is 20.8 Å². The Kier molecular flexibility index (Phi) is 8.08. The summed E-state index contributed by atoms with van der Waals surface area (Å²) in [5.41, 5.74) is 0.464. The monoisotopic (exact) mass is 370 g/mol. The van der Waals surface area contributed by atoms with Gasteiger partial charge in [0.15, 0.2) is 0 Å². The molecule has 6 nitrogen and oxygen atoms in total. The number of hydrogen-bond acceptors (Lipinski definition) is 4. The van der Waals surface area contributed by atoms with Crippen LogP contribution in [0.15, 0.2) is 0 Å². The molecular formula is C20H38N2O4. The number of piperidine rings is 2. The van der Waals surface area contributed by atoms with E-state index < -0.39 is 11.9 Å². The Bertz CT molecular complexity index is 435. The van der Waals surface area contributed by atoms with E-state index in [9.17, 15) is 9.59 Å². The fourth-order valence-electron chi connectivity index (χ4n) is 3.78. The molecule has 4 N–H and O–H groups in total. The molecule has 0 aromatic heterocycles. The van der Waals surface area contributed by atoms with Crippen LogP contribution in [0, 0.1) is 22.7 Å². The lowest BCUT2D eigenvalue weighted by Gasteiger charge is -2.36. The first kappa shape index (κ1) is 22.9. The molecule has 0 aromatic carbocycles. The van der Waals surface area contributed by atoms with Crippen molar-refractivity contribution in [2.24, 2.45) is 22.7 Å². The first-order valence-corrected chi connectivity index (χ1v) is 9.74. The van der Waals surface area contributed by atoms with Crippen LogP contribution in [0.2, 0.25) is 0 Å². The van der Waals surface area contributed by atoms with Crippen molar-refractivity contribution in [2.45, 2.75) is 79.3 Å². The molecule has 2 fully saturated rings. The fourth-order valence-corrected chi connectivity index (χ4v) is 3.78. The molecule has 2 aliphatic rings. The van der Waals surface area contributed by atoms with Gasteiger partial charge in [0.05, 0.1) is 0 Å². The van der Waals surface area contributed by atoms with E-state index in [0.717, 1.165) is 38.8 Å². The number of nitrogens with one attached hydrogen (secondary N) is 2. The van der Waals surface area contributed by atoms with Gasteiger partial charge in [-0.2, -0.15) is 0 Å². The van der Waals surface area contributed by atoms with E-state index in [2.05, 4.69) is 52.2 Å². The average Bonchev–Trinajstić information content (AvgIpc) is 2.54. The molecular weight excluding hydrogens is 332 g/mol. The van der Waals surface area contributed by atoms with Crippen LogP contribution < -0.4 is 10.6 Å². The highest BCUT2D eigenvalue weighted by Gasteiger charge is 2.34. The second-order valence-corrected chi connectivity index (χ2v) is 9.86. The van der Waals surface area contributed by atoms with E-state index >= 15 is 0 Å². The Hall–Kier alpha value is -1.14. The van der Waals surface area contributed by atoms with Gasteiger partial charge in [-0.15, -0.1) is 0 Å². The predicted molar refractivity (Wildman–Crippen MR) is 103 cm³/mol. The molecule has 26 heavy (non-hydrogen) atoms. The summed E-state index contributed by atoms with van der Waals surface area (Å²) in [6.45, 7) is 14.8. The minimum Gasteiger partial charge on any atom is -0.480 e. The summed E-state index contributed by atoms with van der Waals surface area (Å²) in [5, 5.41) is 23.8. The number of aliphatic carboxylic acids is 2. The topological polar surface area (TPSA) is 98.7 Å². The summed E-state index contributed by atoms with van der Waals surface area (Å²) < 4.78 is 0. The summed E-state index contributed by atoms with van der Waals surface area (Å²) in [6.07, 6.45) is 3.71. The first-order chi connectivity index (χ1) is 11.8. The number of carbonyl (C=O) groups is 2. The molecule has 2 heterocycles. The quantitative estimate of drug-likeness (QED) is 0.596. The SMILES string of the molecule is CC(C)(C)C1CCNC(C(=O)O)C1.CC(C)(C)C1CCNC(C(=O)O)C1. The minimum atomic E-state index is -0.714. The molecule has 2 aliphatic heterocycles. The van der Waals surface area contributed by atoms with E-state index in [-0.39, 0.29) is 22.9 Å². The van der Waals surface area contributed by atoms with Gasteiger partial charge in [0.25, 0.3) is 0 Å². The molecule has 2 saturated heterocycles. The van der Waals surface area contributed by atoms with E-state index in [4.69, 9.17) is 10.2 Å². The number of hydrogen-bond donors (Lipinski definition) is 4. The van der Waals surface area contributed by atoms with Gasteiger partial charge in [0.1, 0.15) is 12.1 Å². The Morgan fingerprint density at radius 2 is 1.04 bits per heavy atom. The Labute approximate surface area is 158 Å². The molecule has 0 saturated carbocycles. The van der Waals surface area contributed by atoms with E-state index in [0.29, 0.717) is 11.8 Å². The van der Waals surface area contributed by atoms with Crippen LogP contribution in [0.25, 0.3) is 0 Å². The second kappa shape index (κ2) is 9.18. The van der Waals surface area contributed by atoms with Crippen molar-refractivity contribution in [1.29, 1.82) is 0 Å². The summed E-state index contributed by atoms with van der Waals surface area (Å²) in [5.74, 6) is -0.382. The van der Waals surface area contributed by atoms with Crippen LogP contribution in [0.5, 0.6) is 0 Å². The Balaban J connectivity index is 0.000000260. The molecule has 2 rings (SSSR count). The summed E-state index contributed by atoms with van der Waals surface area (Å²) in [7, 11) is 0. The minimum absolute atomic E-state index is 0.232. The normalized spacial score (nSPS) is 30.1. The van der Waals surface area contributed by atoms with E-state index in [1.807, 2.05) is 0 Å². The van der Waals surface area contributed by atoms with Crippen LogP contribution in [0.4, 0.5) is 0 Å². The molecule has 0 amide bonds. The highest BCUT2D eigenvalue weighted by Crippen LogP contribution is 2.34. The molecule has 4 atom stereocenters. The zero-order chi connectivity index (χ0) is 20.1. The van der Waals surface area contributed by atoms with Crippen LogP contribution in [0.3, 0.4) is 0 Å². The molecule has 0 radical (unpaired) electrons. The van der Waals surface area contributed by atoms with Crippen molar-refractivity contribution >= 4 is 11.9 Å². The average molecular weight is 371 g/mol. The van der Waals surface area contributed by atoms with Crippen LogP contribution in [0.1, 0.15) is 67.2 Å². The van der Waals surface area contributed by atoms with E-state index in [1.165, 1.54) is 0 Å². The maximum atomic E-state index is 10.8. The summed E-state index contributed by atoms with van der Waals surface area (Å²) in [6, 6.07) is -0.670. The highest BCUT2D eigenvalue weighted by atomic mass is 16.4. The van der Waals surface area contributed by atoms with Crippen molar-refractivity contribution in [3.63, 3.8) is 0 Å². The zero-order valence-electron chi connectivity index (χ0n) is 17.3. The lowest BCUT2D eigenvalue weighted by atomic mass is 9.74. The van der Waals surface area contributed by atoms with E-state index in [1.54, 1.807) is 0 Å². The van der Waals surface area contributed by atoms with Crippen molar-refractivity contribution in [3.05, 3.63) is 0 Å². The predicted octanol–water partition coefficient (Wildman–Crippen LogP) is 2.97. The summed E-state index contributed by atoms with van der Waals surface area (Å²) in [4.78, 5) is 21.5. The maximum Gasteiger partial charge on any atom is 0.320 e. The molecule has 152 valence electrons. The molecule has 6 heteroatoms. The molecule has 0 bridgehead atoms.